The van der Waals surface area contributed by atoms with Crippen LogP contribution in [0.25, 0.3) is 10.9 Å². The van der Waals surface area contributed by atoms with E-state index in [0.717, 1.165) is 30.5 Å². The molecule has 0 saturated carbocycles. The number of primary amides is 1. The fourth-order valence-corrected chi connectivity index (χ4v) is 8.66. The molecule has 1 atom stereocenters. The van der Waals surface area contributed by atoms with E-state index < -0.39 is 28.7 Å². The molecule has 1 aromatic carbocycles. The number of rotatable bonds is 10. The third-order valence-corrected chi connectivity index (χ3v) is 11.6. The van der Waals surface area contributed by atoms with E-state index >= 15 is 0 Å². The van der Waals surface area contributed by atoms with Crippen molar-refractivity contribution in [2.24, 2.45) is 11.7 Å². The summed E-state index contributed by atoms with van der Waals surface area (Å²) in [7, 11) is -6.31. The normalized spacial score (nSPS) is 16.8. The lowest BCUT2D eigenvalue weighted by atomic mass is 10.1. The Morgan fingerprint density at radius 2 is 1.88 bits per heavy atom. The van der Waals surface area contributed by atoms with Crippen molar-refractivity contribution >= 4 is 40.3 Å². The first-order valence-corrected chi connectivity index (χ1v) is 16.6. The predicted molar refractivity (Wildman–Crippen MR) is 137 cm³/mol. The summed E-state index contributed by atoms with van der Waals surface area (Å²) in [4.78, 5) is 29.0. The minimum atomic E-state index is -3.77. The van der Waals surface area contributed by atoms with Crippen LogP contribution in [0.2, 0.25) is 19.1 Å². The molecule has 0 bridgehead atoms. The Labute approximate surface area is 203 Å². The van der Waals surface area contributed by atoms with E-state index in [9.17, 15) is 18.0 Å². The van der Waals surface area contributed by atoms with Gasteiger partial charge in [-0.25, -0.2) is 8.42 Å². The number of carbonyl (C=O) groups is 2. The Morgan fingerprint density at radius 3 is 2.50 bits per heavy atom. The minimum Gasteiger partial charge on any atom is -0.374 e. The molecule has 1 aliphatic rings. The third kappa shape index (κ3) is 6.45. The molecule has 1 radical (unpaired) electrons. The molecule has 187 valence electrons. The molecule has 1 saturated heterocycles. The number of fused-ring (bicyclic) bond motifs is 1. The summed E-state index contributed by atoms with van der Waals surface area (Å²) < 4.78 is 27.0. The number of aromatic nitrogens is 2. The lowest BCUT2D eigenvalue weighted by molar-refractivity contribution is -0.129. The first-order chi connectivity index (χ1) is 15.9. The van der Waals surface area contributed by atoms with Gasteiger partial charge in [-0.15, -0.1) is 0 Å². The monoisotopic (exact) mass is 506 g/mol. The molecule has 3 rings (SSSR count). The molecule has 11 heteroatoms. The van der Waals surface area contributed by atoms with Crippen LogP contribution in [0.15, 0.2) is 24.4 Å². The lowest BCUT2D eigenvalue weighted by Crippen LogP contribution is -2.50. The summed E-state index contributed by atoms with van der Waals surface area (Å²) >= 11 is 0. The molecule has 2 amide bonds. The molecule has 1 unspecified atom stereocenters. The minimum absolute atomic E-state index is 0.199. The number of nitrogens with one attached hydrogen (secondary N) is 1. The maximum atomic E-state index is 13.5. The number of nitrogens with zero attached hydrogens (tertiary/aromatic N) is 3. The van der Waals surface area contributed by atoms with Gasteiger partial charge in [0, 0.05) is 43.9 Å². The molecule has 9 nitrogen and oxygen atoms in total. The molecular formula is C23H36N5O4SSi. The summed E-state index contributed by atoms with van der Waals surface area (Å²) in [5.74, 6) is 0.0701. The summed E-state index contributed by atoms with van der Waals surface area (Å²) in [6.07, 6.45) is 2.95. The standard InChI is InChI=1S/C23H36N5O4SSi/c1-17(2)16-27-7-9-28(10-8-27)22(29)14-21(18-5-6-20-19(13-18)15-25-26-20)33(31,32)11-12-34(3,4)23(24)30/h5-6,13-15,17,21H,7-12,16H2,1-4H3,(H2,24,30)(H,25,26). The van der Waals surface area contributed by atoms with Crippen molar-refractivity contribution in [3.63, 3.8) is 0 Å². The van der Waals surface area contributed by atoms with Crippen molar-refractivity contribution in [1.29, 1.82) is 0 Å². The van der Waals surface area contributed by atoms with E-state index in [-0.39, 0.29) is 17.7 Å². The SMILES string of the molecule is CC(C)CN1CCN(C(=O)[CH]C(c2ccc3[nH]ncc3c2)S(=O)(=O)CC[Si](C)(C)C(N)=O)CC1. The van der Waals surface area contributed by atoms with Crippen LogP contribution in [-0.4, -0.2) is 86.4 Å². The number of carbonyl (C=O) groups excluding carboxylic acids is 2. The number of piperazine rings is 1. The van der Waals surface area contributed by atoms with Gasteiger partial charge in [-0.2, -0.15) is 5.10 Å². The van der Waals surface area contributed by atoms with Crippen molar-refractivity contribution < 1.29 is 18.0 Å². The van der Waals surface area contributed by atoms with Crippen LogP contribution in [0, 0.1) is 12.3 Å². The van der Waals surface area contributed by atoms with Crippen molar-refractivity contribution in [1.82, 2.24) is 20.0 Å². The molecule has 3 N–H and O–H groups in total. The highest BCUT2D eigenvalue weighted by molar-refractivity contribution is 7.91. The maximum absolute atomic E-state index is 13.5. The van der Waals surface area contributed by atoms with Gasteiger partial charge in [-0.1, -0.05) is 33.0 Å². The van der Waals surface area contributed by atoms with E-state index in [1.807, 2.05) is 0 Å². The van der Waals surface area contributed by atoms with Gasteiger partial charge in [0.1, 0.15) is 0 Å². The number of sulfone groups is 1. The van der Waals surface area contributed by atoms with Gasteiger partial charge in [0.25, 0.3) is 0 Å². The summed E-state index contributed by atoms with van der Waals surface area (Å²) in [6.45, 7) is 11.5. The highest BCUT2D eigenvalue weighted by Gasteiger charge is 2.36. The predicted octanol–water partition coefficient (Wildman–Crippen LogP) is 2.39. The number of hydrogen-bond donors (Lipinski definition) is 2. The average Bonchev–Trinajstić information content (AvgIpc) is 3.24. The van der Waals surface area contributed by atoms with Gasteiger partial charge >= 0.3 is 0 Å². The van der Waals surface area contributed by atoms with E-state index in [1.165, 1.54) is 6.42 Å². The summed E-state index contributed by atoms with van der Waals surface area (Å²) in [6, 6.07) is 5.45. The van der Waals surface area contributed by atoms with Crippen LogP contribution in [0.3, 0.4) is 0 Å². The molecule has 2 aromatic rings. The summed E-state index contributed by atoms with van der Waals surface area (Å²) in [5.41, 5.74) is 6.38. The van der Waals surface area contributed by atoms with Gasteiger partial charge in [0.05, 0.1) is 23.4 Å². The zero-order chi connectivity index (χ0) is 25.1. The molecule has 1 aromatic heterocycles. The highest BCUT2D eigenvalue weighted by atomic mass is 32.2. The Morgan fingerprint density at radius 1 is 1.21 bits per heavy atom. The third-order valence-electron chi connectivity index (χ3n) is 6.46. The van der Waals surface area contributed by atoms with Crippen LogP contribution in [0.1, 0.15) is 24.7 Å². The van der Waals surface area contributed by atoms with Crippen molar-refractivity contribution in [2.45, 2.75) is 38.2 Å². The highest BCUT2D eigenvalue weighted by Crippen LogP contribution is 2.31. The molecule has 1 fully saturated rings. The Bertz CT molecular complexity index is 1120. The Balaban J connectivity index is 1.80. The van der Waals surface area contributed by atoms with Crippen LogP contribution >= 0.6 is 0 Å². The molecule has 0 aliphatic carbocycles. The average molecular weight is 507 g/mol. The number of aromatic amines is 1. The zero-order valence-corrected chi connectivity index (χ0v) is 22.3. The van der Waals surface area contributed by atoms with Gasteiger partial charge < -0.3 is 10.6 Å². The van der Waals surface area contributed by atoms with Gasteiger partial charge in [0.2, 0.25) is 5.91 Å². The van der Waals surface area contributed by atoms with Crippen molar-refractivity contribution in [3.8, 4) is 0 Å². The molecule has 0 spiro atoms. The molecular weight excluding hydrogens is 470 g/mol. The number of amides is 2. The number of benzene rings is 1. The second-order valence-corrected chi connectivity index (χ2v) is 17.2. The zero-order valence-electron chi connectivity index (χ0n) is 20.5. The second-order valence-electron chi connectivity index (χ2n) is 10.2. The van der Waals surface area contributed by atoms with Crippen LogP contribution in [0.4, 0.5) is 4.79 Å². The van der Waals surface area contributed by atoms with Gasteiger partial charge in [0.15, 0.2) is 23.4 Å². The van der Waals surface area contributed by atoms with Crippen molar-refractivity contribution in [3.05, 3.63) is 36.4 Å². The molecule has 2 heterocycles. The first-order valence-electron chi connectivity index (χ1n) is 11.7. The number of nitrogens with two attached hydrogens (primary N) is 1. The second kappa shape index (κ2) is 10.6. The smallest absolute Gasteiger partial charge is 0.228 e. The quantitative estimate of drug-likeness (QED) is 0.476. The van der Waals surface area contributed by atoms with Crippen molar-refractivity contribution in [2.75, 3.05) is 38.5 Å². The summed E-state index contributed by atoms with van der Waals surface area (Å²) in [5, 5.41) is 6.53. The van der Waals surface area contributed by atoms with Gasteiger partial charge in [-0.3, -0.25) is 19.6 Å². The Kier molecular flexibility index (Phi) is 8.20. The van der Waals surface area contributed by atoms with E-state index in [1.54, 1.807) is 42.4 Å². The van der Waals surface area contributed by atoms with E-state index in [0.29, 0.717) is 24.6 Å². The lowest BCUT2D eigenvalue weighted by Gasteiger charge is -2.36. The Hall–Kier alpha value is -2.24. The topological polar surface area (TPSA) is 129 Å². The van der Waals surface area contributed by atoms with Crippen LogP contribution < -0.4 is 5.73 Å². The number of H-pyrrole nitrogens is 1. The number of hydrogen-bond acceptors (Lipinski definition) is 6. The maximum Gasteiger partial charge on any atom is 0.228 e. The van der Waals surface area contributed by atoms with E-state index in [4.69, 9.17) is 5.73 Å². The van der Waals surface area contributed by atoms with E-state index in [2.05, 4.69) is 28.9 Å². The van der Waals surface area contributed by atoms with Crippen LogP contribution in [-0.2, 0) is 14.6 Å². The van der Waals surface area contributed by atoms with Crippen LogP contribution in [0.5, 0.6) is 0 Å². The fraction of sp³-hybridized carbons (Fsp3) is 0.565. The first kappa shape index (κ1) is 26.4. The van der Waals surface area contributed by atoms with Gasteiger partial charge in [-0.05, 0) is 29.7 Å². The molecule has 34 heavy (non-hydrogen) atoms. The molecule has 1 aliphatic heterocycles. The largest absolute Gasteiger partial charge is 0.374 e. The fourth-order valence-electron chi connectivity index (χ4n) is 4.10.